The van der Waals surface area contributed by atoms with Crippen molar-refractivity contribution in [2.75, 3.05) is 0 Å². The first-order valence-corrected chi connectivity index (χ1v) is 5.36. The normalized spacial score (nSPS) is 10.8. The Kier molecular flexibility index (Phi) is 2.79. The molecule has 2 aromatic rings. The molecule has 1 aromatic heterocycles. The minimum atomic E-state index is 0.0385. The van der Waals surface area contributed by atoms with E-state index >= 15 is 0 Å². The molecule has 0 atom stereocenters. The summed E-state index contributed by atoms with van der Waals surface area (Å²) in [6.07, 6.45) is 1.89. The molecule has 0 fully saturated rings. The number of aryl methyl sites for hydroxylation is 3. The molecule has 1 heterocycles. The van der Waals surface area contributed by atoms with Gasteiger partial charge in [-0.3, -0.25) is 0 Å². The van der Waals surface area contributed by atoms with Gasteiger partial charge in [0.05, 0.1) is 18.0 Å². The predicted molar refractivity (Wildman–Crippen MR) is 63.7 cm³/mol. The molecule has 1 N–H and O–H groups in total. The molecule has 0 unspecified atom stereocenters. The fourth-order valence-electron chi connectivity index (χ4n) is 1.93. The van der Waals surface area contributed by atoms with Crippen LogP contribution in [-0.4, -0.2) is 14.9 Å². The molecule has 1 aromatic carbocycles. The number of hydrogen-bond acceptors (Lipinski definition) is 2. The van der Waals surface area contributed by atoms with Crippen molar-refractivity contribution >= 4 is 0 Å². The highest BCUT2D eigenvalue weighted by Gasteiger charge is 2.09. The summed E-state index contributed by atoms with van der Waals surface area (Å²) in [4.78, 5) is 0. The zero-order chi connectivity index (χ0) is 11.7. The Morgan fingerprint density at radius 1 is 1.19 bits per heavy atom. The van der Waals surface area contributed by atoms with Gasteiger partial charge in [-0.15, -0.1) is 0 Å². The smallest absolute Gasteiger partial charge is 0.0715 e. The third-order valence-electron chi connectivity index (χ3n) is 2.84. The topological polar surface area (TPSA) is 38.0 Å². The SMILES string of the molecule is Cc1cccc(C)c1-n1cc(CO)c(C)n1. The molecule has 0 aliphatic heterocycles. The van der Waals surface area contributed by atoms with Crippen LogP contribution in [0.3, 0.4) is 0 Å². The number of aromatic nitrogens is 2. The fraction of sp³-hybridized carbons (Fsp3) is 0.308. The quantitative estimate of drug-likeness (QED) is 0.836. The van der Waals surface area contributed by atoms with E-state index in [-0.39, 0.29) is 6.61 Å². The van der Waals surface area contributed by atoms with Crippen LogP contribution in [-0.2, 0) is 6.61 Å². The van der Waals surface area contributed by atoms with E-state index in [4.69, 9.17) is 5.11 Å². The predicted octanol–water partition coefficient (Wildman–Crippen LogP) is 2.29. The monoisotopic (exact) mass is 216 g/mol. The van der Waals surface area contributed by atoms with Gasteiger partial charge in [0.1, 0.15) is 0 Å². The van der Waals surface area contributed by atoms with Crippen LogP contribution in [0.4, 0.5) is 0 Å². The van der Waals surface area contributed by atoms with E-state index in [0.717, 1.165) is 16.9 Å². The molecule has 0 aliphatic carbocycles. The minimum Gasteiger partial charge on any atom is -0.392 e. The van der Waals surface area contributed by atoms with Gasteiger partial charge in [0, 0.05) is 11.8 Å². The molecule has 3 heteroatoms. The molecule has 2 rings (SSSR count). The summed E-state index contributed by atoms with van der Waals surface area (Å²) in [5.74, 6) is 0. The highest BCUT2D eigenvalue weighted by atomic mass is 16.3. The molecule has 0 saturated carbocycles. The number of rotatable bonds is 2. The fourth-order valence-corrected chi connectivity index (χ4v) is 1.93. The van der Waals surface area contributed by atoms with Crippen molar-refractivity contribution in [3.8, 4) is 5.69 Å². The lowest BCUT2D eigenvalue weighted by Gasteiger charge is -2.08. The first kappa shape index (κ1) is 10.9. The van der Waals surface area contributed by atoms with Gasteiger partial charge in [-0.1, -0.05) is 18.2 Å². The van der Waals surface area contributed by atoms with Crippen molar-refractivity contribution in [1.82, 2.24) is 9.78 Å². The number of aliphatic hydroxyl groups excluding tert-OH is 1. The standard InChI is InChI=1S/C13H16N2O/c1-9-5-4-6-10(2)13(9)15-7-12(8-16)11(3)14-15/h4-7,16H,8H2,1-3H3. The van der Waals surface area contributed by atoms with E-state index in [0.29, 0.717) is 0 Å². The van der Waals surface area contributed by atoms with E-state index in [1.54, 1.807) is 0 Å². The van der Waals surface area contributed by atoms with Crippen molar-refractivity contribution < 1.29 is 5.11 Å². The Labute approximate surface area is 95.3 Å². The summed E-state index contributed by atoms with van der Waals surface area (Å²) in [6.45, 7) is 6.09. The van der Waals surface area contributed by atoms with Crippen LogP contribution in [0.25, 0.3) is 5.69 Å². The van der Waals surface area contributed by atoms with E-state index < -0.39 is 0 Å². The van der Waals surface area contributed by atoms with Gasteiger partial charge in [-0.05, 0) is 31.9 Å². The second kappa shape index (κ2) is 4.10. The van der Waals surface area contributed by atoms with Gasteiger partial charge < -0.3 is 5.11 Å². The Balaban J connectivity index is 2.58. The first-order chi connectivity index (χ1) is 7.63. The summed E-state index contributed by atoms with van der Waals surface area (Å²) in [7, 11) is 0. The van der Waals surface area contributed by atoms with E-state index in [1.807, 2.05) is 23.9 Å². The summed E-state index contributed by atoms with van der Waals surface area (Å²) < 4.78 is 1.85. The first-order valence-electron chi connectivity index (χ1n) is 5.36. The van der Waals surface area contributed by atoms with Crippen LogP contribution in [0, 0.1) is 20.8 Å². The number of aliphatic hydroxyl groups is 1. The molecule has 0 spiro atoms. The molecule has 84 valence electrons. The average Bonchev–Trinajstić information content (AvgIpc) is 2.59. The third-order valence-corrected chi connectivity index (χ3v) is 2.84. The van der Waals surface area contributed by atoms with Crippen molar-refractivity contribution in [3.05, 3.63) is 46.8 Å². The van der Waals surface area contributed by atoms with Crippen molar-refractivity contribution in [2.24, 2.45) is 0 Å². The second-order valence-corrected chi connectivity index (χ2v) is 4.08. The summed E-state index contributed by atoms with van der Waals surface area (Å²) in [6, 6.07) is 6.17. The van der Waals surface area contributed by atoms with Gasteiger partial charge in [0.25, 0.3) is 0 Å². The maximum absolute atomic E-state index is 9.16. The Bertz CT molecular complexity index is 494. The average molecular weight is 216 g/mol. The van der Waals surface area contributed by atoms with Gasteiger partial charge in [-0.2, -0.15) is 5.10 Å². The number of benzene rings is 1. The van der Waals surface area contributed by atoms with Crippen LogP contribution in [0.2, 0.25) is 0 Å². The van der Waals surface area contributed by atoms with E-state index in [1.165, 1.54) is 11.1 Å². The van der Waals surface area contributed by atoms with Gasteiger partial charge in [-0.25, -0.2) is 4.68 Å². The lowest BCUT2D eigenvalue weighted by molar-refractivity contribution is 0.281. The molecule has 0 radical (unpaired) electrons. The second-order valence-electron chi connectivity index (χ2n) is 4.08. The summed E-state index contributed by atoms with van der Waals surface area (Å²) in [5.41, 5.74) is 5.23. The lowest BCUT2D eigenvalue weighted by Crippen LogP contribution is -2.00. The Morgan fingerprint density at radius 2 is 1.81 bits per heavy atom. The zero-order valence-corrected chi connectivity index (χ0v) is 9.86. The van der Waals surface area contributed by atoms with Crippen molar-refractivity contribution in [3.63, 3.8) is 0 Å². The molecule has 0 aliphatic rings. The van der Waals surface area contributed by atoms with Crippen molar-refractivity contribution in [2.45, 2.75) is 27.4 Å². The van der Waals surface area contributed by atoms with Gasteiger partial charge >= 0.3 is 0 Å². The maximum atomic E-state index is 9.16. The number of hydrogen-bond donors (Lipinski definition) is 1. The largest absolute Gasteiger partial charge is 0.392 e. The minimum absolute atomic E-state index is 0.0385. The van der Waals surface area contributed by atoms with Gasteiger partial charge in [0.2, 0.25) is 0 Å². The molecule has 0 bridgehead atoms. The van der Waals surface area contributed by atoms with E-state index in [9.17, 15) is 0 Å². The molecular weight excluding hydrogens is 200 g/mol. The highest BCUT2D eigenvalue weighted by Crippen LogP contribution is 2.19. The number of para-hydroxylation sites is 1. The van der Waals surface area contributed by atoms with Crippen LogP contribution in [0.1, 0.15) is 22.4 Å². The molecule has 16 heavy (non-hydrogen) atoms. The molecule has 3 nitrogen and oxygen atoms in total. The van der Waals surface area contributed by atoms with E-state index in [2.05, 4.69) is 31.1 Å². The maximum Gasteiger partial charge on any atom is 0.0715 e. The van der Waals surface area contributed by atoms with Crippen LogP contribution >= 0.6 is 0 Å². The Morgan fingerprint density at radius 3 is 2.31 bits per heavy atom. The summed E-state index contributed by atoms with van der Waals surface area (Å²) >= 11 is 0. The Hall–Kier alpha value is -1.61. The van der Waals surface area contributed by atoms with Crippen LogP contribution in [0.15, 0.2) is 24.4 Å². The molecule has 0 saturated heterocycles. The molecular formula is C13H16N2O. The summed E-state index contributed by atoms with van der Waals surface area (Å²) in [5, 5.41) is 13.6. The molecule has 0 amide bonds. The van der Waals surface area contributed by atoms with Crippen LogP contribution in [0.5, 0.6) is 0 Å². The van der Waals surface area contributed by atoms with Gasteiger partial charge in [0.15, 0.2) is 0 Å². The highest BCUT2D eigenvalue weighted by molar-refractivity contribution is 5.46. The van der Waals surface area contributed by atoms with Crippen LogP contribution < -0.4 is 0 Å². The number of nitrogens with zero attached hydrogens (tertiary/aromatic N) is 2. The van der Waals surface area contributed by atoms with Crippen molar-refractivity contribution in [1.29, 1.82) is 0 Å². The third kappa shape index (κ3) is 1.74. The lowest BCUT2D eigenvalue weighted by atomic mass is 10.1. The zero-order valence-electron chi connectivity index (χ0n) is 9.86.